The van der Waals surface area contributed by atoms with Gasteiger partial charge in [-0.3, -0.25) is 14.6 Å². The van der Waals surface area contributed by atoms with Crippen LogP contribution in [0.3, 0.4) is 0 Å². The van der Waals surface area contributed by atoms with Gasteiger partial charge in [0.05, 0.1) is 0 Å². The maximum absolute atomic E-state index is 12.1. The quantitative estimate of drug-likeness (QED) is 0.853. The number of para-hydroxylation sites is 1. The second kappa shape index (κ2) is 7.54. The molecule has 5 nitrogen and oxygen atoms in total. The maximum atomic E-state index is 12.1. The molecule has 0 atom stereocenters. The summed E-state index contributed by atoms with van der Waals surface area (Å²) in [6, 6.07) is 9.44. The number of nitrogens with zero attached hydrogens (tertiary/aromatic N) is 1. The van der Waals surface area contributed by atoms with Gasteiger partial charge in [-0.2, -0.15) is 0 Å². The molecule has 0 aliphatic carbocycles. The molecular formula is C18H21N3O2. The molecule has 1 aromatic heterocycles. The third-order valence-corrected chi connectivity index (χ3v) is 3.55. The lowest BCUT2D eigenvalue weighted by Crippen LogP contribution is -2.35. The Bertz CT molecular complexity index is 697. The van der Waals surface area contributed by atoms with Crippen LogP contribution in [0.4, 0.5) is 5.69 Å². The van der Waals surface area contributed by atoms with Gasteiger partial charge < -0.3 is 10.6 Å². The van der Waals surface area contributed by atoms with E-state index in [4.69, 9.17) is 0 Å². The molecular weight excluding hydrogens is 290 g/mol. The number of aryl methyl sites for hydroxylation is 1. The number of hydrogen-bond acceptors (Lipinski definition) is 3. The van der Waals surface area contributed by atoms with E-state index < -0.39 is 11.8 Å². The second-order valence-corrected chi connectivity index (χ2v) is 5.69. The van der Waals surface area contributed by atoms with E-state index in [1.165, 1.54) is 0 Å². The predicted octanol–water partition coefficient (Wildman–Crippen LogP) is 2.77. The fraction of sp³-hybridized carbons (Fsp3) is 0.278. The standard InChI is InChI=1S/C18H21N3O2/c1-12(2)15-8-4-6-13(3)16(15)21-18(23)17(22)20-11-14-7-5-9-19-10-14/h4-10,12H,11H2,1-3H3,(H,20,22)(H,21,23). The van der Waals surface area contributed by atoms with Crippen LogP contribution in [0.2, 0.25) is 0 Å². The smallest absolute Gasteiger partial charge is 0.313 e. The summed E-state index contributed by atoms with van der Waals surface area (Å²) >= 11 is 0. The average molecular weight is 311 g/mol. The Hall–Kier alpha value is -2.69. The van der Waals surface area contributed by atoms with Gasteiger partial charge in [-0.15, -0.1) is 0 Å². The van der Waals surface area contributed by atoms with Crippen molar-refractivity contribution in [3.05, 3.63) is 59.4 Å². The van der Waals surface area contributed by atoms with Gasteiger partial charge in [-0.25, -0.2) is 0 Å². The molecule has 0 bridgehead atoms. The van der Waals surface area contributed by atoms with Gasteiger partial charge in [0, 0.05) is 24.6 Å². The number of hydrogen-bond donors (Lipinski definition) is 2. The predicted molar refractivity (Wildman–Crippen MR) is 90.0 cm³/mol. The number of carbonyl (C=O) groups is 2. The molecule has 0 radical (unpaired) electrons. The summed E-state index contributed by atoms with van der Waals surface area (Å²) in [5.74, 6) is -1.07. The van der Waals surface area contributed by atoms with E-state index in [2.05, 4.69) is 15.6 Å². The minimum atomic E-state index is -0.662. The van der Waals surface area contributed by atoms with Crippen molar-refractivity contribution in [2.45, 2.75) is 33.2 Å². The Morgan fingerprint density at radius 3 is 2.57 bits per heavy atom. The molecule has 0 unspecified atom stereocenters. The van der Waals surface area contributed by atoms with E-state index in [9.17, 15) is 9.59 Å². The molecule has 1 aromatic carbocycles. The van der Waals surface area contributed by atoms with Crippen molar-refractivity contribution in [1.29, 1.82) is 0 Å². The van der Waals surface area contributed by atoms with Crippen LogP contribution >= 0.6 is 0 Å². The van der Waals surface area contributed by atoms with Crippen molar-refractivity contribution in [2.75, 3.05) is 5.32 Å². The molecule has 0 saturated carbocycles. The highest BCUT2D eigenvalue weighted by Crippen LogP contribution is 2.27. The van der Waals surface area contributed by atoms with Gasteiger partial charge in [0.2, 0.25) is 0 Å². The highest BCUT2D eigenvalue weighted by atomic mass is 16.2. The molecule has 23 heavy (non-hydrogen) atoms. The first kappa shape index (κ1) is 16.7. The summed E-state index contributed by atoms with van der Waals surface area (Å²) in [4.78, 5) is 28.1. The van der Waals surface area contributed by atoms with Gasteiger partial charge in [0.1, 0.15) is 0 Å². The van der Waals surface area contributed by atoms with Crippen LogP contribution < -0.4 is 10.6 Å². The Labute approximate surface area is 136 Å². The van der Waals surface area contributed by atoms with E-state index >= 15 is 0 Å². The zero-order valence-corrected chi connectivity index (χ0v) is 13.6. The lowest BCUT2D eigenvalue weighted by Gasteiger charge is -2.16. The van der Waals surface area contributed by atoms with Crippen LogP contribution in [0.5, 0.6) is 0 Å². The van der Waals surface area contributed by atoms with Crippen LogP contribution in [-0.4, -0.2) is 16.8 Å². The molecule has 0 aliphatic rings. The molecule has 0 spiro atoms. The Kier molecular flexibility index (Phi) is 5.46. The Morgan fingerprint density at radius 2 is 1.91 bits per heavy atom. The number of aromatic nitrogens is 1. The van der Waals surface area contributed by atoms with E-state index in [1.54, 1.807) is 18.5 Å². The van der Waals surface area contributed by atoms with Crippen molar-refractivity contribution in [3.63, 3.8) is 0 Å². The van der Waals surface area contributed by atoms with E-state index in [-0.39, 0.29) is 12.5 Å². The van der Waals surface area contributed by atoms with Crippen LogP contribution in [0.25, 0.3) is 0 Å². The summed E-state index contributed by atoms with van der Waals surface area (Å²) < 4.78 is 0. The van der Waals surface area contributed by atoms with Crippen molar-refractivity contribution in [1.82, 2.24) is 10.3 Å². The molecule has 5 heteroatoms. The topological polar surface area (TPSA) is 71.1 Å². The lowest BCUT2D eigenvalue weighted by molar-refractivity contribution is -0.136. The van der Waals surface area contributed by atoms with Gasteiger partial charge in [0.15, 0.2) is 0 Å². The van der Waals surface area contributed by atoms with Crippen LogP contribution in [-0.2, 0) is 16.1 Å². The highest BCUT2D eigenvalue weighted by Gasteiger charge is 2.17. The van der Waals surface area contributed by atoms with Gasteiger partial charge in [0.25, 0.3) is 0 Å². The molecule has 2 N–H and O–H groups in total. The van der Waals surface area contributed by atoms with Crippen molar-refractivity contribution in [2.24, 2.45) is 0 Å². The van der Waals surface area contributed by atoms with Crippen molar-refractivity contribution in [3.8, 4) is 0 Å². The monoisotopic (exact) mass is 311 g/mol. The summed E-state index contributed by atoms with van der Waals surface area (Å²) in [6.07, 6.45) is 3.31. The number of pyridine rings is 1. The zero-order chi connectivity index (χ0) is 16.8. The van der Waals surface area contributed by atoms with E-state index in [1.807, 2.05) is 45.0 Å². The number of anilines is 1. The molecule has 2 rings (SSSR count). The molecule has 2 aromatic rings. The number of rotatable bonds is 4. The third kappa shape index (κ3) is 4.39. The molecule has 0 aliphatic heterocycles. The van der Waals surface area contributed by atoms with Gasteiger partial charge in [-0.1, -0.05) is 38.1 Å². The fourth-order valence-corrected chi connectivity index (χ4v) is 2.28. The lowest BCUT2D eigenvalue weighted by atomic mass is 9.98. The van der Waals surface area contributed by atoms with Crippen LogP contribution in [0.1, 0.15) is 36.5 Å². The van der Waals surface area contributed by atoms with Gasteiger partial charge in [-0.05, 0) is 35.6 Å². The van der Waals surface area contributed by atoms with Gasteiger partial charge >= 0.3 is 11.8 Å². The molecule has 1 heterocycles. The first-order chi connectivity index (χ1) is 11.0. The highest BCUT2D eigenvalue weighted by molar-refractivity contribution is 6.39. The van der Waals surface area contributed by atoms with Crippen molar-refractivity contribution >= 4 is 17.5 Å². The molecule has 120 valence electrons. The van der Waals surface area contributed by atoms with Crippen LogP contribution in [0, 0.1) is 6.92 Å². The van der Waals surface area contributed by atoms with E-state index in [0.717, 1.165) is 16.7 Å². The maximum Gasteiger partial charge on any atom is 0.313 e. The summed E-state index contributed by atoms with van der Waals surface area (Å²) in [7, 11) is 0. The Balaban J connectivity index is 2.03. The summed E-state index contributed by atoms with van der Waals surface area (Å²) in [5.41, 5.74) is 3.50. The number of amides is 2. The molecule has 2 amide bonds. The largest absolute Gasteiger partial charge is 0.344 e. The normalized spacial score (nSPS) is 10.4. The zero-order valence-electron chi connectivity index (χ0n) is 13.6. The second-order valence-electron chi connectivity index (χ2n) is 5.69. The van der Waals surface area contributed by atoms with E-state index in [0.29, 0.717) is 5.69 Å². The number of carbonyl (C=O) groups excluding carboxylic acids is 2. The summed E-state index contributed by atoms with van der Waals surface area (Å²) in [5, 5.41) is 5.33. The summed E-state index contributed by atoms with van der Waals surface area (Å²) in [6.45, 7) is 6.28. The molecule has 0 fully saturated rings. The molecule has 0 saturated heterocycles. The fourth-order valence-electron chi connectivity index (χ4n) is 2.28. The number of benzene rings is 1. The SMILES string of the molecule is Cc1cccc(C(C)C)c1NC(=O)C(=O)NCc1cccnc1. The third-order valence-electron chi connectivity index (χ3n) is 3.55. The first-order valence-electron chi connectivity index (χ1n) is 7.56. The van der Waals surface area contributed by atoms with Crippen LogP contribution in [0.15, 0.2) is 42.7 Å². The minimum Gasteiger partial charge on any atom is -0.344 e. The number of nitrogens with one attached hydrogen (secondary N) is 2. The Morgan fingerprint density at radius 1 is 1.13 bits per heavy atom. The van der Waals surface area contributed by atoms with Crippen molar-refractivity contribution < 1.29 is 9.59 Å². The average Bonchev–Trinajstić information content (AvgIpc) is 2.55. The minimum absolute atomic E-state index is 0.253. The first-order valence-corrected chi connectivity index (χ1v) is 7.56.